The van der Waals surface area contributed by atoms with Gasteiger partial charge in [0.1, 0.15) is 11.6 Å². The smallest absolute Gasteiger partial charge is 0.150 e. The van der Waals surface area contributed by atoms with Gasteiger partial charge in [0.15, 0.2) is 0 Å². The van der Waals surface area contributed by atoms with Gasteiger partial charge in [-0.3, -0.25) is 4.90 Å². The van der Waals surface area contributed by atoms with Crippen LogP contribution in [0.3, 0.4) is 0 Å². The van der Waals surface area contributed by atoms with Crippen molar-refractivity contribution >= 4 is 5.82 Å². The van der Waals surface area contributed by atoms with Crippen molar-refractivity contribution in [3.63, 3.8) is 0 Å². The van der Waals surface area contributed by atoms with Gasteiger partial charge in [-0.2, -0.15) is 0 Å². The number of ether oxygens (including phenoxy) is 2. The lowest BCUT2D eigenvalue weighted by molar-refractivity contribution is -0.0295. The van der Waals surface area contributed by atoms with E-state index < -0.39 is 0 Å². The van der Waals surface area contributed by atoms with Crippen molar-refractivity contribution in [1.82, 2.24) is 14.9 Å². The normalized spacial score (nSPS) is 24.0. The largest absolute Gasteiger partial charge is 0.381 e. The molecule has 23 heavy (non-hydrogen) atoms. The minimum atomic E-state index is 0.153. The molecule has 6 nitrogen and oxygen atoms in total. The average molecular weight is 320 g/mol. The summed E-state index contributed by atoms with van der Waals surface area (Å²) in [5, 5.41) is 3.35. The van der Waals surface area contributed by atoms with Gasteiger partial charge in [-0.15, -0.1) is 0 Å². The summed E-state index contributed by atoms with van der Waals surface area (Å²) in [7, 11) is 0. The molecule has 1 unspecified atom stereocenters. The number of hydrogen-bond donors (Lipinski definition) is 1. The van der Waals surface area contributed by atoms with Crippen molar-refractivity contribution in [2.75, 3.05) is 44.8 Å². The lowest BCUT2D eigenvalue weighted by Gasteiger charge is -2.37. The van der Waals surface area contributed by atoms with E-state index in [1.165, 1.54) is 0 Å². The maximum Gasteiger partial charge on any atom is 0.150 e. The Balaban J connectivity index is 1.70. The van der Waals surface area contributed by atoms with Crippen LogP contribution >= 0.6 is 0 Å². The number of rotatable bonds is 5. The fourth-order valence-corrected chi connectivity index (χ4v) is 3.27. The number of nitrogens with one attached hydrogen (secondary N) is 1. The monoisotopic (exact) mass is 320 g/mol. The summed E-state index contributed by atoms with van der Waals surface area (Å²) in [5.41, 5.74) is 0. The first-order chi connectivity index (χ1) is 11.2. The highest BCUT2D eigenvalue weighted by molar-refractivity contribution is 5.34. The molecule has 2 aliphatic rings. The molecule has 0 spiro atoms. The quantitative estimate of drug-likeness (QED) is 0.896. The molecule has 2 saturated heterocycles. The summed E-state index contributed by atoms with van der Waals surface area (Å²) < 4.78 is 11.2. The third kappa shape index (κ3) is 4.62. The van der Waals surface area contributed by atoms with E-state index in [9.17, 15) is 0 Å². The van der Waals surface area contributed by atoms with Gasteiger partial charge in [-0.25, -0.2) is 9.97 Å². The molecule has 1 aromatic rings. The lowest BCUT2D eigenvalue weighted by atomic mass is 9.98. The molecule has 0 aromatic carbocycles. The van der Waals surface area contributed by atoms with Gasteiger partial charge in [-0.05, 0) is 38.7 Å². The molecule has 0 amide bonds. The van der Waals surface area contributed by atoms with Crippen LogP contribution in [0.4, 0.5) is 5.82 Å². The first kappa shape index (κ1) is 16.6. The number of aromatic nitrogens is 2. The summed E-state index contributed by atoms with van der Waals surface area (Å²) in [6, 6.07) is 2.44. The van der Waals surface area contributed by atoms with Crippen molar-refractivity contribution in [2.45, 2.75) is 38.8 Å². The van der Waals surface area contributed by atoms with E-state index in [2.05, 4.69) is 29.0 Å². The molecule has 6 heteroatoms. The molecule has 1 atom stereocenters. The van der Waals surface area contributed by atoms with E-state index in [1.54, 1.807) is 0 Å². The van der Waals surface area contributed by atoms with Gasteiger partial charge in [-0.1, -0.05) is 0 Å². The Morgan fingerprint density at radius 1 is 1.26 bits per heavy atom. The molecule has 1 N–H and O–H groups in total. The van der Waals surface area contributed by atoms with Crippen LogP contribution in [0.25, 0.3) is 0 Å². The molecule has 3 rings (SSSR count). The van der Waals surface area contributed by atoms with E-state index in [0.717, 1.165) is 57.4 Å². The van der Waals surface area contributed by atoms with Gasteiger partial charge in [0.25, 0.3) is 0 Å². The minimum Gasteiger partial charge on any atom is -0.381 e. The summed E-state index contributed by atoms with van der Waals surface area (Å²) in [6.45, 7) is 9.52. The zero-order valence-electron chi connectivity index (χ0n) is 14.2. The van der Waals surface area contributed by atoms with Crippen LogP contribution in [0, 0.1) is 5.92 Å². The third-order valence-corrected chi connectivity index (χ3v) is 4.48. The Labute approximate surface area is 138 Å². The molecule has 2 fully saturated rings. The fourth-order valence-electron chi connectivity index (χ4n) is 3.27. The first-order valence-electron chi connectivity index (χ1n) is 8.71. The predicted molar refractivity (Wildman–Crippen MR) is 89.5 cm³/mol. The van der Waals surface area contributed by atoms with Crippen LogP contribution < -0.4 is 5.32 Å². The molecule has 0 radical (unpaired) electrons. The van der Waals surface area contributed by atoms with Gasteiger partial charge in [0.2, 0.25) is 0 Å². The topological polar surface area (TPSA) is 59.5 Å². The van der Waals surface area contributed by atoms with Crippen LogP contribution in [0.1, 0.15) is 38.6 Å². The molecule has 3 heterocycles. The summed E-state index contributed by atoms with van der Waals surface area (Å²) in [5.74, 6) is 2.46. The molecule has 2 aliphatic heterocycles. The SMILES string of the molecule is CC(C)Nc1ccnc(C2COCCN2CC2CCOCC2)n1. The maximum atomic E-state index is 5.71. The van der Waals surface area contributed by atoms with Crippen LogP contribution in [0.5, 0.6) is 0 Å². The number of nitrogens with zero attached hydrogens (tertiary/aromatic N) is 3. The Morgan fingerprint density at radius 2 is 2.09 bits per heavy atom. The minimum absolute atomic E-state index is 0.153. The number of morpholine rings is 1. The van der Waals surface area contributed by atoms with E-state index in [4.69, 9.17) is 14.5 Å². The highest BCUT2D eigenvalue weighted by Crippen LogP contribution is 2.26. The van der Waals surface area contributed by atoms with Gasteiger partial charge in [0, 0.05) is 38.5 Å². The zero-order chi connectivity index (χ0) is 16.1. The highest BCUT2D eigenvalue weighted by Gasteiger charge is 2.29. The van der Waals surface area contributed by atoms with E-state index in [0.29, 0.717) is 18.6 Å². The lowest BCUT2D eigenvalue weighted by Crippen LogP contribution is -2.43. The van der Waals surface area contributed by atoms with Gasteiger partial charge >= 0.3 is 0 Å². The van der Waals surface area contributed by atoms with Crippen LogP contribution in [-0.2, 0) is 9.47 Å². The maximum absolute atomic E-state index is 5.71. The Kier molecular flexibility index (Phi) is 5.80. The fraction of sp³-hybridized carbons (Fsp3) is 0.765. The highest BCUT2D eigenvalue weighted by atomic mass is 16.5. The molecule has 0 aliphatic carbocycles. The molecular weight excluding hydrogens is 292 g/mol. The van der Waals surface area contributed by atoms with E-state index >= 15 is 0 Å². The zero-order valence-corrected chi connectivity index (χ0v) is 14.2. The van der Waals surface area contributed by atoms with E-state index in [1.807, 2.05) is 12.3 Å². The van der Waals surface area contributed by atoms with Crippen molar-refractivity contribution in [3.05, 3.63) is 18.1 Å². The summed E-state index contributed by atoms with van der Waals surface area (Å²) in [4.78, 5) is 11.7. The third-order valence-electron chi connectivity index (χ3n) is 4.48. The van der Waals surface area contributed by atoms with Crippen molar-refractivity contribution in [1.29, 1.82) is 0 Å². The molecular formula is C17H28N4O2. The first-order valence-corrected chi connectivity index (χ1v) is 8.71. The van der Waals surface area contributed by atoms with Crippen molar-refractivity contribution < 1.29 is 9.47 Å². The second-order valence-corrected chi connectivity index (χ2v) is 6.74. The summed E-state index contributed by atoms with van der Waals surface area (Å²) in [6.07, 6.45) is 4.15. The van der Waals surface area contributed by atoms with Crippen LogP contribution in [0.2, 0.25) is 0 Å². The Hall–Kier alpha value is -1.24. The predicted octanol–water partition coefficient (Wildman–Crippen LogP) is 2.10. The second-order valence-electron chi connectivity index (χ2n) is 6.74. The van der Waals surface area contributed by atoms with E-state index in [-0.39, 0.29) is 6.04 Å². The summed E-state index contributed by atoms with van der Waals surface area (Å²) >= 11 is 0. The average Bonchev–Trinajstić information content (AvgIpc) is 2.56. The molecule has 0 saturated carbocycles. The molecule has 128 valence electrons. The van der Waals surface area contributed by atoms with Crippen molar-refractivity contribution in [3.8, 4) is 0 Å². The second kappa shape index (κ2) is 8.04. The van der Waals surface area contributed by atoms with Gasteiger partial charge in [0.05, 0.1) is 19.3 Å². The molecule has 1 aromatic heterocycles. The Bertz CT molecular complexity index is 491. The number of hydrogen-bond acceptors (Lipinski definition) is 6. The van der Waals surface area contributed by atoms with Gasteiger partial charge < -0.3 is 14.8 Å². The molecule has 0 bridgehead atoms. The Morgan fingerprint density at radius 3 is 2.87 bits per heavy atom. The van der Waals surface area contributed by atoms with Crippen molar-refractivity contribution in [2.24, 2.45) is 5.92 Å². The van der Waals surface area contributed by atoms with Crippen LogP contribution in [-0.4, -0.2) is 60.4 Å². The standard InChI is InChI=1S/C17H28N4O2/c1-13(2)19-16-3-6-18-17(20-16)15-12-23-10-7-21(15)11-14-4-8-22-9-5-14/h3,6,13-15H,4-5,7-12H2,1-2H3,(H,18,19,20). The number of anilines is 1. The van der Waals surface area contributed by atoms with Crippen LogP contribution in [0.15, 0.2) is 12.3 Å².